The Hall–Kier alpha value is -1.61. The van der Waals surface area contributed by atoms with Crippen molar-refractivity contribution in [3.8, 4) is 6.07 Å². The van der Waals surface area contributed by atoms with Crippen molar-refractivity contribution in [3.05, 3.63) is 0 Å². The average molecular weight is 336 g/mol. The minimum Gasteiger partial charge on any atom is -0.369 e. The zero-order valence-corrected chi connectivity index (χ0v) is 15.4. The molecule has 6 nitrogen and oxygen atoms in total. The van der Waals surface area contributed by atoms with E-state index in [2.05, 4.69) is 23.2 Å². The highest BCUT2D eigenvalue weighted by atomic mass is 16.2. The lowest BCUT2D eigenvalue weighted by atomic mass is 9.85. The second-order valence-electron chi connectivity index (χ2n) is 7.54. The molecule has 0 aliphatic carbocycles. The molecule has 24 heavy (non-hydrogen) atoms. The number of nitriles is 1. The van der Waals surface area contributed by atoms with Gasteiger partial charge in [0.25, 0.3) is 0 Å². The number of likely N-dealkylation sites (tertiary alicyclic amines) is 1. The average Bonchev–Trinajstić information content (AvgIpc) is 2.55. The number of carbonyl (C=O) groups excluding carboxylic acids is 2. The Kier molecular flexibility index (Phi) is 7.68. The molecule has 0 unspecified atom stereocenters. The zero-order chi connectivity index (χ0) is 18.2. The molecular weight excluding hydrogens is 304 g/mol. The molecule has 1 fully saturated rings. The fraction of sp³-hybridized carbons (Fsp3) is 0.833. The molecule has 136 valence electrons. The van der Waals surface area contributed by atoms with Crippen molar-refractivity contribution < 1.29 is 9.59 Å². The minimum atomic E-state index is -0.769. The Morgan fingerprint density at radius 3 is 2.42 bits per heavy atom. The predicted molar refractivity (Wildman–Crippen MR) is 93.9 cm³/mol. The zero-order valence-electron chi connectivity index (χ0n) is 15.4. The van der Waals surface area contributed by atoms with Crippen LogP contribution in [-0.4, -0.2) is 41.9 Å². The number of rotatable bonds is 9. The molecule has 6 heteroatoms. The maximum absolute atomic E-state index is 12.2. The Labute approximate surface area is 145 Å². The third-order valence-electron chi connectivity index (χ3n) is 5.02. The summed E-state index contributed by atoms with van der Waals surface area (Å²) in [7, 11) is 0. The third-order valence-corrected chi connectivity index (χ3v) is 5.02. The summed E-state index contributed by atoms with van der Waals surface area (Å²) < 4.78 is 0. The van der Waals surface area contributed by atoms with Crippen LogP contribution in [0.25, 0.3) is 0 Å². The van der Waals surface area contributed by atoms with Gasteiger partial charge in [-0.05, 0) is 32.2 Å². The summed E-state index contributed by atoms with van der Waals surface area (Å²) in [5.74, 6) is -0.587. The van der Waals surface area contributed by atoms with Gasteiger partial charge in [-0.25, -0.2) is 0 Å². The second kappa shape index (κ2) is 9.03. The third kappa shape index (κ3) is 6.12. The van der Waals surface area contributed by atoms with Crippen LogP contribution in [0.4, 0.5) is 0 Å². The van der Waals surface area contributed by atoms with Crippen LogP contribution in [0.2, 0.25) is 0 Å². The number of hydrogen-bond donors (Lipinski definition) is 2. The highest BCUT2D eigenvalue weighted by Gasteiger charge is 2.36. The van der Waals surface area contributed by atoms with Crippen LogP contribution < -0.4 is 11.1 Å². The van der Waals surface area contributed by atoms with E-state index in [1.807, 2.05) is 0 Å². The van der Waals surface area contributed by atoms with E-state index in [0.29, 0.717) is 19.3 Å². The van der Waals surface area contributed by atoms with Crippen molar-refractivity contribution in [2.75, 3.05) is 19.6 Å². The van der Waals surface area contributed by atoms with Gasteiger partial charge >= 0.3 is 0 Å². The van der Waals surface area contributed by atoms with Crippen LogP contribution in [0, 0.1) is 16.7 Å². The monoisotopic (exact) mass is 336 g/mol. The fourth-order valence-corrected chi connectivity index (χ4v) is 2.89. The first-order valence-electron chi connectivity index (χ1n) is 8.99. The number of amides is 2. The van der Waals surface area contributed by atoms with Crippen LogP contribution in [0.15, 0.2) is 0 Å². The summed E-state index contributed by atoms with van der Waals surface area (Å²) in [5, 5.41) is 12.5. The van der Waals surface area contributed by atoms with E-state index in [0.717, 1.165) is 19.6 Å². The standard InChI is InChI=1S/C18H32N4O2/c1-4-5-6-11-22-12-9-18(14-19,10-13-22)21-15(23)7-8-17(2,3)16(20)24/h4-13H2,1-3H3,(H2,20,24)(H,21,23). The Morgan fingerprint density at radius 1 is 1.29 bits per heavy atom. The van der Waals surface area contributed by atoms with Crippen LogP contribution in [0.5, 0.6) is 0 Å². The molecule has 0 radical (unpaired) electrons. The maximum atomic E-state index is 12.2. The SMILES string of the molecule is CCCCCN1CCC(C#N)(NC(=O)CCC(C)(C)C(N)=O)CC1. The Balaban J connectivity index is 2.46. The van der Waals surface area contributed by atoms with Crippen molar-refractivity contribution in [2.24, 2.45) is 11.1 Å². The fourth-order valence-electron chi connectivity index (χ4n) is 2.89. The number of primary amides is 1. The first-order valence-corrected chi connectivity index (χ1v) is 8.99. The molecule has 0 aromatic carbocycles. The van der Waals surface area contributed by atoms with Crippen molar-refractivity contribution in [3.63, 3.8) is 0 Å². The van der Waals surface area contributed by atoms with Gasteiger partial charge in [-0.3, -0.25) is 9.59 Å². The highest BCUT2D eigenvalue weighted by molar-refractivity contribution is 5.82. The lowest BCUT2D eigenvalue weighted by Crippen LogP contribution is -2.54. The molecule has 2 amide bonds. The molecular formula is C18H32N4O2. The van der Waals surface area contributed by atoms with Gasteiger partial charge in [-0.15, -0.1) is 0 Å². The topological polar surface area (TPSA) is 99.2 Å². The molecule has 0 atom stereocenters. The van der Waals surface area contributed by atoms with E-state index >= 15 is 0 Å². The predicted octanol–water partition coefficient (Wildman–Crippen LogP) is 1.94. The summed E-state index contributed by atoms with van der Waals surface area (Å²) in [4.78, 5) is 25.9. The van der Waals surface area contributed by atoms with Crippen LogP contribution in [-0.2, 0) is 9.59 Å². The first kappa shape index (κ1) is 20.4. The summed E-state index contributed by atoms with van der Waals surface area (Å²) in [6, 6.07) is 2.31. The molecule has 1 aliphatic rings. The van der Waals surface area contributed by atoms with Crippen LogP contribution in [0.3, 0.4) is 0 Å². The van der Waals surface area contributed by atoms with E-state index in [9.17, 15) is 14.9 Å². The van der Waals surface area contributed by atoms with Crippen molar-refractivity contribution in [2.45, 2.75) is 71.3 Å². The van der Waals surface area contributed by atoms with E-state index in [1.54, 1.807) is 13.8 Å². The van der Waals surface area contributed by atoms with Gasteiger partial charge < -0.3 is 16.0 Å². The quantitative estimate of drug-likeness (QED) is 0.629. The van der Waals surface area contributed by atoms with E-state index in [4.69, 9.17) is 5.73 Å². The van der Waals surface area contributed by atoms with Gasteiger partial charge in [-0.1, -0.05) is 33.6 Å². The summed E-state index contributed by atoms with van der Waals surface area (Å²) >= 11 is 0. The van der Waals surface area contributed by atoms with Crippen LogP contribution in [0.1, 0.15) is 65.7 Å². The smallest absolute Gasteiger partial charge is 0.223 e. The maximum Gasteiger partial charge on any atom is 0.223 e. The minimum absolute atomic E-state index is 0.176. The van der Waals surface area contributed by atoms with Gasteiger partial charge in [0.1, 0.15) is 5.54 Å². The van der Waals surface area contributed by atoms with Crippen molar-refractivity contribution in [1.29, 1.82) is 5.26 Å². The van der Waals surface area contributed by atoms with Gasteiger partial charge in [0, 0.05) is 24.9 Å². The molecule has 1 saturated heterocycles. The van der Waals surface area contributed by atoms with Gasteiger partial charge in [0.2, 0.25) is 11.8 Å². The lowest BCUT2D eigenvalue weighted by Gasteiger charge is -2.38. The number of carbonyl (C=O) groups is 2. The lowest BCUT2D eigenvalue weighted by molar-refractivity contribution is -0.127. The van der Waals surface area contributed by atoms with E-state index in [1.165, 1.54) is 19.3 Å². The van der Waals surface area contributed by atoms with Crippen LogP contribution >= 0.6 is 0 Å². The second-order valence-corrected chi connectivity index (χ2v) is 7.54. The summed E-state index contributed by atoms with van der Waals surface area (Å²) in [5.41, 5.74) is 3.85. The van der Waals surface area contributed by atoms with Crippen molar-refractivity contribution in [1.82, 2.24) is 10.2 Å². The summed E-state index contributed by atoms with van der Waals surface area (Å²) in [6.45, 7) is 8.39. The number of hydrogen-bond acceptors (Lipinski definition) is 4. The number of nitrogens with one attached hydrogen (secondary N) is 1. The number of nitrogens with two attached hydrogens (primary N) is 1. The Morgan fingerprint density at radius 2 is 1.92 bits per heavy atom. The van der Waals surface area contributed by atoms with Gasteiger partial charge in [0.15, 0.2) is 0 Å². The highest BCUT2D eigenvalue weighted by Crippen LogP contribution is 2.24. The molecule has 0 bridgehead atoms. The molecule has 0 aromatic rings. The number of unbranched alkanes of at least 4 members (excludes halogenated alkanes) is 2. The molecule has 1 rings (SSSR count). The van der Waals surface area contributed by atoms with Gasteiger partial charge in [0.05, 0.1) is 6.07 Å². The molecule has 0 aromatic heterocycles. The first-order chi connectivity index (χ1) is 11.2. The molecule has 0 saturated carbocycles. The van der Waals surface area contributed by atoms with E-state index in [-0.39, 0.29) is 12.3 Å². The van der Waals surface area contributed by atoms with Gasteiger partial charge in [-0.2, -0.15) is 5.26 Å². The van der Waals surface area contributed by atoms with Crippen molar-refractivity contribution >= 4 is 11.8 Å². The molecule has 1 aliphatic heterocycles. The summed E-state index contributed by atoms with van der Waals surface area (Å²) in [6.07, 6.45) is 5.52. The molecule has 0 spiro atoms. The normalized spacial score (nSPS) is 17.9. The van der Waals surface area contributed by atoms with E-state index < -0.39 is 16.9 Å². The molecule has 3 N–H and O–H groups in total. The molecule has 1 heterocycles. The largest absolute Gasteiger partial charge is 0.369 e. The Bertz CT molecular complexity index is 474. The number of nitrogens with zero attached hydrogens (tertiary/aromatic N) is 2. The number of piperidine rings is 1.